The summed E-state index contributed by atoms with van der Waals surface area (Å²) in [7, 11) is 0. The molecule has 2 nitrogen and oxygen atoms in total. The highest BCUT2D eigenvalue weighted by Crippen LogP contribution is 2.29. The Morgan fingerprint density at radius 2 is 2.00 bits per heavy atom. The van der Waals surface area contributed by atoms with Crippen LogP contribution in [0.3, 0.4) is 0 Å². The summed E-state index contributed by atoms with van der Waals surface area (Å²) in [5, 5.41) is 3.66. The topological polar surface area (TPSA) is 21.3 Å². The fourth-order valence-electron chi connectivity index (χ4n) is 2.12. The maximum atomic E-state index is 5.68. The van der Waals surface area contributed by atoms with Gasteiger partial charge in [0.25, 0.3) is 0 Å². The second kappa shape index (κ2) is 6.61. The third kappa shape index (κ3) is 5.86. The summed E-state index contributed by atoms with van der Waals surface area (Å²) >= 11 is 0. The normalized spacial score (nSPS) is 20.1. The molecule has 1 aliphatic carbocycles. The van der Waals surface area contributed by atoms with Crippen LogP contribution < -0.4 is 5.32 Å². The summed E-state index contributed by atoms with van der Waals surface area (Å²) in [6.07, 6.45) is 6.87. The molecule has 0 aromatic carbocycles. The second-order valence-electron chi connectivity index (χ2n) is 5.89. The zero-order valence-electron chi connectivity index (χ0n) is 11.5. The van der Waals surface area contributed by atoms with Crippen molar-refractivity contribution < 1.29 is 4.74 Å². The monoisotopic (exact) mass is 227 g/mol. The van der Waals surface area contributed by atoms with Gasteiger partial charge in [-0.25, -0.2) is 0 Å². The highest BCUT2D eigenvalue weighted by molar-refractivity contribution is 4.85. The standard InChI is InChI=1S/C14H29NO/c1-5-8-14(4,9-10-16-12(2)3)11-15-13-6-7-13/h12-13,15H,5-11H2,1-4H3. The fourth-order valence-corrected chi connectivity index (χ4v) is 2.12. The van der Waals surface area contributed by atoms with Gasteiger partial charge in [-0.15, -0.1) is 0 Å². The smallest absolute Gasteiger partial charge is 0.0518 e. The minimum atomic E-state index is 0.363. The maximum absolute atomic E-state index is 5.68. The van der Waals surface area contributed by atoms with Crippen molar-refractivity contribution in [2.24, 2.45) is 5.41 Å². The lowest BCUT2D eigenvalue weighted by molar-refractivity contribution is 0.0518. The summed E-state index contributed by atoms with van der Waals surface area (Å²) in [6, 6.07) is 0.821. The zero-order valence-corrected chi connectivity index (χ0v) is 11.5. The van der Waals surface area contributed by atoms with Crippen LogP contribution in [0.1, 0.15) is 59.8 Å². The molecule has 16 heavy (non-hydrogen) atoms. The molecule has 0 bridgehead atoms. The van der Waals surface area contributed by atoms with Crippen molar-refractivity contribution in [1.82, 2.24) is 5.32 Å². The Hall–Kier alpha value is -0.0800. The molecular formula is C14H29NO. The first-order chi connectivity index (χ1) is 7.56. The minimum Gasteiger partial charge on any atom is -0.379 e. The molecule has 1 unspecified atom stereocenters. The van der Waals surface area contributed by atoms with E-state index in [9.17, 15) is 0 Å². The first-order valence-corrected chi connectivity index (χ1v) is 6.91. The molecule has 0 heterocycles. The minimum absolute atomic E-state index is 0.363. The molecule has 1 saturated carbocycles. The summed E-state index contributed by atoms with van der Waals surface area (Å²) in [4.78, 5) is 0. The van der Waals surface area contributed by atoms with Gasteiger partial charge in [-0.3, -0.25) is 0 Å². The zero-order chi connectivity index (χ0) is 12.0. The van der Waals surface area contributed by atoms with Crippen LogP contribution in [0.4, 0.5) is 0 Å². The SMILES string of the molecule is CCCC(C)(CCOC(C)C)CNC1CC1. The van der Waals surface area contributed by atoms with Crippen LogP contribution in [0.2, 0.25) is 0 Å². The summed E-state index contributed by atoms with van der Waals surface area (Å²) in [5.41, 5.74) is 0.423. The van der Waals surface area contributed by atoms with Gasteiger partial charge in [-0.1, -0.05) is 20.3 Å². The molecular weight excluding hydrogens is 198 g/mol. The summed E-state index contributed by atoms with van der Waals surface area (Å²) < 4.78 is 5.68. The van der Waals surface area contributed by atoms with Gasteiger partial charge in [-0.05, 0) is 44.9 Å². The van der Waals surface area contributed by atoms with Crippen LogP contribution in [-0.4, -0.2) is 25.3 Å². The van der Waals surface area contributed by atoms with Gasteiger partial charge < -0.3 is 10.1 Å². The van der Waals surface area contributed by atoms with Gasteiger partial charge in [0.15, 0.2) is 0 Å². The van der Waals surface area contributed by atoms with Crippen LogP contribution in [0.15, 0.2) is 0 Å². The molecule has 1 rings (SSSR count). The van der Waals surface area contributed by atoms with Crippen molar-refractivity contribution in [1.29, 1.82) is 0 Å². The lowest BCUT2D eigenvalue weighted by atomic mass is 9.82. The largest absolute Gasteiger partial charge is 0.379 e. The average molecular weight is 227 g/mol. The molecule has 1 aliphatic rings. The molecule has 0 amide bonds. The van der Waals surface area contributed by atoms with Crippen LogP contribution in [-0.2, 0) is 4.74 Å². The Labute approximate surface area is 101 Å². The van der Waals surface area contributed by atoms with Crippen molar-refractivity contribution in [2.45, 2.75) is 71.9 Å². The number of hydrogen-bond donors (Lipinski definition) is 1. The fraction of sp³-hybridized carbons (Fsp3) is 1.00. The van der Waals surface area contributed by atoms with Crippen LogP contribution in [0, 0.1) is 5.41 Å². The summed E-state index contributed by atoms with van der Waals surface area (Å²) in [6.45, 7) is 11.0. The highest BCUT2D eigenvalue weighted by Gasteiger charge is 2.27. The molecule has 1 N–H and O–H groups in total. The first-order valence-electron chi connectivity index (χ1n) is 6.91. The maximum Gasteiger partial charge on any atom is 0.0518 e. The van der Waals surface area contributed by atoms with E-state index in [1.54, 1.807) is 0 Å². The lowest BCUT2D eigenvalue weighted by Gasteiger charge is -2.30. The Balaban J connectivity index is 2.24. The van der Waals surface area contributed by atoms with E-state index in [4.69, 9.17) is 4.74 Å². The van der Waals surface area contributed by atoms with Crippen molar-refractivity contribution in [3.05, 3.63) is 0 Å². The van der Waals surface area contributed by atoms with Gasteiger partial charge in [0.1, 0.15) is 0 Å². The third-order valence-corrected chi connectivity index (χ3v) is 3.41. The molecule has 1 fully saturated rings. The molecule has 1 atom stereocenters. The van der Waals surface area contributed by atoms with E-state index < -0.39 is 0 Å². The van der Waals surface area contributed by atoms with Gasteiger partial charge in [0, 0.05) is 19.2 Å². The molecule has 0 aromatic rings. The van der Waals surface area contributed by atoms with E-state index >= 15 is 0 Å². The molecule has 96 valence electrons. The van der Waals surface area contributed by atoms with E-state index in [2.05, 4.69) is 33.0 Å². The van der Waals surface area contributed by atoms with Gasteiger partial charge in [0.2, 0.25) is 0 Å². The molecule has 2 heteroatoms. The van der Waals surface area contributed by atoms with E-state index in [1.165, 1.54) is 32.1 Å². The molecule has 0 aliphatic heterocycles. The predicted octanol–water partition coefficient (Wildman–Crippen LogP) is 3.36. The van der Waals surface area contributed by atoms with Crippen molar-refractivity contribution in [3.8, 4) is 0 Å². The van der Waals surface area contributed by atoms with Crippen molar-refractivity contribution in [3.63, 3.8) is 0 Å². The third-order valence-electron chi connectivity index (χ3n) is 3.41. The molecule has 0 aromatic heterocycles. The van der Waals surface area contributed by atoms with Crippen LogP contribution in [0.5, 0.6) is 0 Å². The summed E-state index contributed by atoms with van der Waals surface area (Å²) in [5.74, 6) is 0. The van der Waals surface area contributed by atoms with E-state index in [-0.39, 0.29) is 0 Å². The second-order valence-corrected chi connectivity index (χ2v) is 5.89. The van der Waals surface area contributed by atoms with Crippen LogP contribution >= 0.6 is 0 Å². The number of hydrogen-bond acceptors (Lipinski definition) is 2. The van der Waals surface area contributed by atoms with E-state index in [0.717, 1.165) is 19.2 Å². The van der Waals surface area contributed by atoms with Crippen molar-refractivity contribution >= 4 is 0 Å². The lowest BCUT2D eigenvalue weighted by Crippen LogP contribution is -2.34. The number of ether oxygens (including phenoxy) is 1. The average Bonchev–Trinajstić information content (AvgIpc) is 2.98. The Bertz CT molecular complexity index is 189. The van der Waals surface area contributed by atoms with Gasteiger partial charge >= 0.3 is 0 Å². The molecule has 0 radical (unpaired) electrons. The van der Waals surface area contributed by atoms with E-state index in [0.29, 0.717) is 11.5 Å². The Morgan fingerprint density at radius 3 is 2.50 bits per heavy atom. The quantitative estimate of drug-likeness (QED) is 0.652. The highest BCUT2D eigenvalue weighted by atomic mass is 16.5. The molecule has 0 saturated heterocycles. The first kappa shape index (κ1) is 14.0. The number of nitrogens with one attached hydrogen (secondary N) is 1. The van der Waals surface area contributed by atoms with Crippen molar-refractivity contribution in [2.75, 3.05) is 13.2 Å². The predicted molar refractivity (Wildman–Crippen MR) is 69.7 cm³/mol. The van der Waals surface area contributed by atoms with Crippen LogP contribution in [0.25, 0.3) is 0 Å². The van der Waals surface area contributed by atoms with Gasteiger partial charge in [0.05, 0.1) is 6.10 Å². The van der Waals surface area contributed by atoms with E-state index in [1.807, 2.05) is 0 Å². The van der Waals surface area contributed by atoms with Gasteiger partial charge in [-0.2, -0.15) is 0 Å². The Kier molecular flexibility index (Phi) is 5.77. The Morgan fingerprint density at radius 1 is 1.31 bits per heavy atom. The molecule has 0 spiro atoms. The number of rotatable bonds is 9.